The monoisotopic (exact) mass is 569 g/mol. The molecule has 41 heavy (non-hydrogen) atoms. The molecule has 2 aliphatic rings. The summed E-state index contributed by atoms with van der Waals surface area (Å²) in [7, 11) is 0. The number of benzene rings is 1. The Morgan fingerprint density at radius 1 is 1.12 bits per heavy atom. The molecule has 1 aromatic carbocycles. The van der Waals surface area contributed by atoms with E-state index in [4.69, 9.17) is 29.8 Å². The number of carbonyl (C=O) groups is 2. The van der Waals surface area contributed by atoms with Gasteiger partial charge in [0.15, 0.2) is 11.4 Å². The number of hydrogen-bond donors (Lipinski definition) is 3. The molecule has 3 heterocycles. The quantitative estimate of drug-likeness (QED) is 0.325. The first kappa shape index (κ1) is 28.6. The average molecular weight is 570 g/mol. The summed E-state index contributed by atoms with van der Waals surface area (Å²) in [5.74, 6) is -1.35. The van der Waals surface area contributed by atoms with Gasteiger partial charge >= 0.3 is 12.0 Å². The number of rotatable bonds is 9. The number of aliphatic hydroxyl groups is 1. The van der Waals surface area contributed by atoms with Crippen molar-refractivity contribution in [1.29, 1.82) is 0 Å². The number of aliphatic hydroxyl groups excluding tert-OH is 1. The highest BCUT2D eigenvalue weighted by atomic mass is 19.1. The molecule has 2 aromatic heterocycles. The number of amides is 1. The van der Waals surface area contributed by atoms with Crippen LogP contribution in [0.3, 0.4) is 0 Å². The summed E-state index contributed by atoms with van der Waals surface area (Å²) in [5.41, 5.74) is 5.12. The third-order valence-electron chi connectivity index (χ3n) is 7.27. The van der Waals surface area contributed by atoms with E-state index in [0.29, 0.717) is 41.3 Å². The van der Waals surface area contributed by atoms with Crippen LogP contribution in [0.15, 0.2) is 36.5 Å². The summed E-state index contributed by atoms with van der Waals surface area (Å²) < 4.78 is 36.6. The smallest absolute Gasteiger partial charge is 0.317 e. The van der Waals surface area contributed by atoms with E-state index in [9.17, 15) is 14.0 Å². The molecule has 1 aliphatic heterocycles. The second-order valence-corrected chi connectivity index (χ2v) is 10.5. The SMILES string of the molecule is CC1(C(=O)OC2(C(N)=O)CCCCC2)COC(c2nc(-c3ccc(F)cc3)c(-c3ccnc(OCCO)n3)[nH]2)OC1. The fourth-order valence-corrected chi connectivity index (χ4v) is 4.90. The maximum absolute atomic E-state index is 13.7. The molecule has 0 bridgehead atoms. The van der Waals surface area contributed by atoms with Crippen molar-refractivity contribution in [3.63, 3.8) is 0 Å². The number of nitrogens with zero attached hydrogens (tertiary/aromatic N) is 3. The van der Waals surface area contributed by atoms with Gasteiger partial charge < -0.3 is 34.8 Å². The number of aromatic amines is 1. The first-order valence-corrected chi connectivity index (χ1v) is 13.4. The lowest BCUT2D eigenvalue weighted by Crippen LogP contribution is -2.53. The van der Waals surface area contributed by atoms with Crippen LogP contribution in [-0.2, 0) is 23.8 Å². The number of hydrogen-bond acceptors (Lipinski definition) is 10. The lowest BCUT2D eigenvalue weighted by atomic mass is 9.83. The minimum absolute atomic E-state index is 0.0218. The Hall–Kier alpha value is -3.94. The van der Waals surface area contributed by atoms with E-state index in [-0.39, 0.29) is 32.4 Å². The highest BCUT2D eigenvalue weighted by molar-refractivity contribution is 5.88. The number of nitrogens with one attached hydrogen (secondary N) is 1. The molecular weight excluding hydrogens is 537 g/mol. The van der Waals surface area contributed by atoms with Crippen LogP contribution in [0.1, 0.15) is 51.1 Å². The third kappa shape index (κ3) is 6.06. The number of ether oxygens (including phenoxy) is 4. The maximum atomic E-state index is 13.7. The Kier molecular flexibility index (Phi) is 8.29. The minimum atomic E-state index is -1.31. The second kappa shape index (κ2) is 11.9. The number of carbonyl (C=O) groups excluding carboxylic acids is 2. The Balaban J connectivity index is 1.37. The van der Waals surface area contributed by atoms with Gasteiger partial charge in [0.25, 0.3) is 5.91 Å². The lowest BCUT2D eigenvalue weighted by molar-refractivity contribution is -0.243. The number of aromatic nitrogens is 4. The van der Waals surface area contributed by atoms with Gasteiger partial charge in [0.05, 0.1) is 36.9 Å². The van der Waals surface area contributed by atoms with Gasteiger partial charge in [-0.3, -0.25) is 9.59 Å². The van der Waals surface area contributed by atoms with Gasteiger partial charge in [0.1, 0.15) is 17.8 Å². The van der Waals surface area contributed by atoms with Gasteiger partial charge in [-0.2, -0.15) is 4.98 Å². The largest absolute Gasteiger partial charge is 0.461 e. The first-order valence-electron chi connectivity index (χ1n) is 13.4. The van der Waals surface area contributed by atoms with Crippen LogP contribution in [-0.4, -0.2) is 68.9 Å². The molecule has 3 aromatic rings. The van der Waals surface area contributed by atoms with Crippen molar-refractivity contribution in [2.24, 2.45) is 11.1 Å². The van der Waals surface area contributed by atoms with Crippen LogP contribution < -0.4 is 10.5 Å². The molecule has 5 rings (SSSR count). The first-order chi connectivity index (χ1) is 19.7. The van der Waals surface area contributed by atoms with Crippen LogP contribution in [0.2, 0.25) is 0 Å². The van der Waals surface area contributed by atoms with E-state index in [2.05, 4.69) is 19.9 Å². The molecule has 0 spiro atoms. The number of imidazole rings is 1. The maximum Gasteiger partial charge on any atom is 0.317 e. The van der Waals surface area contributed by atoms with Crippen molar-refractivity contribution in [3.05, 3.63) is 48.2 Å². The van der Waals surface area contributed by atoms with Crippen LogP contribution in [0.5, 0.6) is 6.01 Å². The second-order valence-electron chi connectivity index (χ2n) is 10.5. The molecule has 1 saturated carbocycles. The highest BCUT2D eigenvalue weighted by Crippen LogP contribution is 2.38. The third-order valence-corrected chi connectivity index (χ3v) is 7.27. The van der Waals surface area contributed by atoms with Crippen molar-refractivity contribution in [1.82, 2.24) is 19.9 Å². The summed E-state index contributed by atoms with van der Waals surface area (Å²) in [6.07, 6.45) is 3.78. The predicted molar refractivity (Wildman–Crippen MR) is 141 cm³/mol. The Morgan fingerprint density at radius 2 is 1.83 bits per heavy atom. The molecule has 1 amide bonds. The number of halogens is 1. The molecule has 218 valence electrons. The number of nitrogens with two attached hydrogens (primary N) is 1. The molecule has 12 nitrogen and oxygen atoms in total. The Morgan fingerprint density at radius 3 is 2.49 bits per heavy atom. The van der Waals surface area contributed by atoms with Gasteiger partial charge in [-0.05, 0) is 62.9 Å². The van der Waals surface area contributed by atoms with Crippen LogP contribution in [0.25, 0.3) is 22.6 Å². The van der Waals surface area contributed by atoms with Gasteiger partial charge in [-0.15, -0.1) is 0 Å². The van der Waals surface area contributed by atoms with E-state index in [1.807, 2.05) is 0 Å². The number of H-pyrrole nitrogens is 1. The van der Waals surface area contributed by atoms with Crippen molar-refractivity contribution in [3.8, 4) is 28.7 Å². The molecular formula is C28H32FN5O7. The van der Waals surface area contributed by atoms with Gasteiger partial charge in [0.2, 0.25) is 6.29 Å². The fourth-order valence-electron chi connectivity index (χ4n) is 4.90. The molecule has 0 radical (unpaired) electrons. The number of primary amides is 1. The van der Waals surface area contributed by atoms with Crippen molar-refractivity contribution >= 4 is 11.9 Å². The van der Waals surface area contributed by atoms with Crippen molar-refractivity contribution in [2.45, 2.75) is 50.9 Å². The standard InChI is InChI=1S/C28H32FN5O7/c1-27(25(37)41-28(24(30)36)10-3-2-4-11-28)15-39-23(40-16-27)22-33-20(17-5-7-18(29)8-6-17)21(34-22)19-9-12-31-26(32-19)38-14-13-35/h5-9,12,23,35H,2-4,10-11,13-16H2,1H3,(H2,30,36)(H,33,34). The lowest BCUT2D eigenvalue weighted by Gasteiger charge is -2.39. The summed E-state index contributed by atoms with van der Waals surface area (Å²) in [6, 6.07) is 7.50. The highest BCUT2D eigenvalue weighted by Gasteiger charge is 2.48. The van der Waals surface area contributed by atoms with E-state index in [1.54, 1.807) is 25.1 Å². The molecule has 13 heteroatoms. The normalized spacial score (nSPS) is 22.2. The van der Waals surface area contributed by atoms with E-state index in [1.165, 1.54) is 18.3 Å². The van der Waals surface area contributed by atoms with E-state index < -0.39 is 35.0 Å². The topological polar surface area (TPSA) is 172 Å². The van der Waals surface area contributed by atoms with Crippen LogP contribution in [0, 0.1) is 11.2 Å². The molecule has 0 unspecified atom stereocenters. The summed E-state index contributed by atoms with van der Waals surface area (Å²) in [5, 5.41) is 9.06. The van der Waals surface area contributed by atoms with Gasteiger partial charge in [0, 0.05) is 11.8 Å². The zero-order valence-electron chi connectivity index (χ0n) is 22.6. The molecule has 0 atom stereocenters. The summed E-state index contributed by atoms with van der Waals surface area (Å²) in [6.45, 7) is 1.36. The van der Waals surface area contributed by atoms with Crippen LogP contribution >= 0.6 is 0 Å². The molecule has 2 fully saturated rings. The predicted octanol–water partition coefficient (Wildman–Crippen LogP) is 2.83. The summed E-state index contributed by atoms with van der Waals surface area (Å²) in [4.78, 5) is 41.7. The average Bonchev–Trinajstić information content (AvgIpc) is 3.43. The van der Waals surface area contributed by atoms with Crippen molar-refractivity contribution < 1.29 is 38.0 Å². The minimum Gasteiger partial charge on any atom is -0.461 e. The zero-order valence-corrected chi connectivity index (χ0v) is 22.6. The van der Waals surface area contributed by atoms with Gasteiger partial charge in [-0.1, -0.05) is 6.42 Å². The Bertz CT molecular complexity index is 1380. The molecule has 4 N–H and O–H groups in total. The van der Waals surface area contributed by atoms with E-state index >= 15 is 0 Å². The Labute approximate surface area is 235 Å². The zero-order chi connectivity index (χ0) is 29.0. The van der Waals surface area contributed by atoms with Gasteiger partial charge in [-0.25, -0.2) is 14.4 Å². The van der Waals surface area contributed by atoms with E-state index in [0.717, 1.165) is 19.3 Å². The fraction of sp³-hybridized carbons (Fsp3) is 0.464. The summed E-state index contributed by atoms with van der Waals surface area (Å²) >= 11 is 0. The number of esters is 1. The van der Waals surface area contributed by atoms with Crippen LogP contribution in [0.4, 0.5) is 4.39 Å². The van der Waals surface area contributed by atoms with Crippen molar-refractivity contribution in [2.75, 3.05) is 26.4 Å². The molecule has 1 aliphatic carbocycles. The molecule has 1 saturated heterocycles.